The molecule has 94 valence electrons. The summed E-state index contributed by atoms with van der Waals surface area (Å²) in [6.07, 6.45) is -0.0289. The van der Waals surface area contributed by atoms with Gasteiger partial charge in [0.2, 0.25) is 0 Å². The van der Waals surface area contributed by atoms with E-state index in [-0.39, 0.29) is 23.5 Å². The predicted molar refractivity (Wildman–Crippen MR) is 60.7 cm³/mol. The van der Waals surface area contributed by atoms with Crippen molar-refractivity contribution in [1.82, 2.24) is 0 Å². The first kappa shape index (κ1) is 13.2. The van der Waals surface area contributed by atoms with Crippen LogP contribution in [0.2, 0.25) is 0 Å². The molecule has 0 fully saturated rings. The highest BCUT2D eigenvalue weighted by Gasteiger charge is 2.23. The molecular weight excluding hydrogens is 228 g/mol. The maximum atomic E-state index is 10.7. The number of benzene rings is 1. The molecule has 0 atom stereocenters. The van der Waals surface area contributed by atoms with E-state index in [1.165, 1.54) is 32.2 Å². The number of rotatable bonds is 5. The first-order valence-corrected chi connectivity index (χ1v) is 4.99. The van der Waals surface area contributed by atoms with Gasteiger partial charge in [-0.05, 0) is 6.07 Å². The molecule has 0 aliphatic carbocycles. The fourth-order valence-electron chi connectivity index (χ4n) is 1.20. The van der Waals surface area contributed by atoms with E-state index in [1.807, 2.05) is 0 Å². The number of hydrogen-bond acceptors (Lipinski definition) is 6. The van der Waals surface area contributed by atoms with Crippen LogP contribution >= 0.6 is 0 Å². The van der Waals surface area contributed by atoms with Gasteiger partial charge in [-0.15, -0.1) is 0 Å². The number of nitro benzene ring substituents is 1. The molecule has 0 unspecified atom stereocenters. The number of nitrogens with zero attached hydrogens (tertiary/aromatic N) is 1. The number of ether oxygens (including phenoxy) is 1. The molecule has 0 bridgehead atoms. The summed E-state index contributed by atoms with van der Waals surface area (Å²) in [4.78, 5) is 10.1. The van der Waals surface area contributed by atoms with Gasteiger partial charge in [0.25, 0.3) is 5.69 Å². The fraction of sp³-hybridized carbons (Fsp3) is 0.400. The van der Waals surface area contributed by atoms with E-state index in [0.29, 0.717) is 0 Å². The Kier molecular flexibility index (Phi) is 3.87. The molecule has 0 aliphatic heterocycles. The largest absolute Gasteiger partial charge is 0.439 e. The first-order valence-electron chi connectivity index (χ1n) is 4.99. The lowest BCUT2D eigenvalue weighted by atomic mass is 10.2. The van der Waals surface area contributed by atoms with Crippen LogP contribution in [0.1, 0.15) is 13.3 Å². The molecule has 1 aromatic carbocycles. The highest BCUT2D eigenvalue weighted by Crippen LogP contribution is 2.29. The van der Waals surface area contributed by atoms with E-state index in [2.05, 4.69) is 5.32 Å². The molecule has 1 aromatic rings. The fourth-order valence-corrected chi connectivity index (χ4v) is 1.20. The lowest BCUT2D eigenvalue weighted by molar-refractivity contribution is -0.384. The quantitative estimate of drug-likeness (QED) is 0.405. The van der Waals surface area contributed by atoms with Crippen LogP contribution in [0.25, 0.3) is 0 Å². The Morgan fingerprint density at radius 3 is 2.65 bits per heavy atom. The summed E-state index contributed by atoms with van der Waals surface area (Å²) < 4.78 is 4.88. The van der Waals surface area contributed by atoms with Crippen molar-refractivity contribution in [2.75, 3.05) is 12.4 Å². The molecule has 7 nitrogen and oxygen atoms in total. The van der Waals surface area contributed by atoms with Gasteiger partial charge < -0.3 is 20.3 Å². The molecular formula is C10H14N2O5. The van der Waals surface area contributed by atoms with E-state index >= 15 is 0 Å². The molecule has 0 heterocycles. The number of anilines is 1. The standard InChI is InChI=1S/C10H14N2O5/c1-3-10(13,14)17-7-4-5-9(12(15)16)8(6-7)11-2/h4-6,11,13-14H,3H2,1-2H3. The third kappa shape index (κ3) is 3.30. The lowest BCUT2D eigenvalue weighted by Gasteiger charge is -2.21. The van der Waals surface area contributed by atoms with Gasteiger partial charge in [-0.2, -0.15) is 0 Å². The normalized spacial score (nSPS) is 11.1. The average molecular weight is 242 g/mol. The van der Waals surface area contributed by atoms with E-state index in [4.69, 9.17) is 4.74 Å². The van der Waals surface area contributed by atoms with Crippen LogP contribution in [0.5, 0.6) is 5.75 Å². The summed E-state index contributed by atoms with van der Waals surface area (Å²) in [7, 11) is 1.52. The highest BCUT2D eigenvalue weighted by molar-refractivity contribution is 5.63. The summed E-state index contributed by atoms with van der Waals surface area (Å²) in [6, 6.07) is 3.86. The zero-order valence-corrected chi connectivity index (χ0v) is 9.51. The first-order chi connectivity index (χ1) is 7.89. The third-order valence-electron chi connectivity index (χ3n) is 2.18. The topological polar surface area (TPSA) is 105 Å². The zero-order valence-electron chi connectivity index (χ0n) is 9.51. The predicted octanol–water partition coefficient (Wildman–Crippen LogP) is 1.06. The second-order valence-corrected chi connectivity index (χ2v) is 3.38. The second kappa shape index (κ2) is 4.98. The van der Waals surface area contributed by atoms with Crippen molar-refractivity contribution in [3.63, 3.8) is 0 Å². The Morgan fingerprint density at radius 2 is 2.18 bits per heavy atom. The van der Waals surface area contributed by atoms with Crippen molar-refractivity contribution >= 4 is 11.4 Å². The summed E-state index contributed by atoms with van der Waals surface area (Å²) in [5.41, 5.74) is 0.122. The zero-order chi connectivity index (χ0) is 13.1. The van der Waals surface area contributed by atoms with Gasteiger partial charge in [-0.3, -0.25) is 10.1 Å². The summed E-state index contributed by atoms with van der Waals surface area (Å²) >= 11 is 0. The molecule has 3 N–H and O–H groups in total. The van der Waals surface area contributed by atoms with Gasteiger partial charge >= 0.3 is 5.97 Å². The van der Waals surface area contributed by atoms with Crippen LogP contribution in [-0.2, 0) is 0 Å². The third-order valence-corrected chi connectivity index (χ3v) is 2.18. The van der Waals surface area contributed by atoms with Crippen LogP contribution in [-0.4, -0.2) is 28.2 Å². The minimum absolute atomic E-state index is 0.0289. The number of hydrogen-bond donors (Lipinski definition) is 3. The number of aliphatic hydroxyl groups is 2. The Hall–Kier alpha value is -1.86. The molecule has 0 amide bonds. The van der Waals surface area contributed by atoms with Crippen molar-refractivity contribution in [1.29, 1.82) is 0 Å². The SMILES string of the molecule is CCC(O)(O)Oc1ccc([N+](=O)[O-])c(NC)c1. The second-order valence-electron chi connectivity index (χ2n) is 3.38. The Labute approximate surface area is 97.8 Å². The molecule has 7 heteroatoms. The van der Waals surface area contributed by atoms with Gasteiger partial charge in [-0.1, -0.05) is 6.92 Å². The van der Waals surface area contributed by atoms with Crippen molar-refractivity contribution in [2.24, 2.45) is 0 Å². The minimum Gasteiger partial charge on any atom is -0.439 e. The molecule has 0 saturated carbocycles. The lowest BCUT2D eigenvalue weighted by Crippen LogP contribution is -2.34. The van der Waals surface area contributed by atoms with Gasteiger partial charge in [-0.25, -0.2) is 0 Å². The summed E-state index contributed by atoms with van der Waals surface area (Å²) in [5, 5.41) is 31.9. The van der Waals surface area contributed by atoms with Gasteiger partial charge in [0, 0.05) is 25.6 Å². The Bertz CT molecular complexity index is 419. The maximum absolute atomic E-state index is 10.7. The van der Waals surface area contributed by atoms with Crippen LogP contribution in [0.15, 0.2) is 18.2 Å². The van der Waals surface area contributed by atoms with Gasteiger partial charge in [0.15, 0.2) is 0 Å². The molecule has 1 rings (SSSR count). The van der Waals surface area contributed by atoms with Crippen LogP contribution in [0.4, 0.5) is 11.4 Å². The van der Waals surface area contributed by atoms with Crippen molar-refractivity contribution < 1.29 is 19.9 Å². The van der Waals surface area contributed by atoms with Crippen molar-refractivity contribution in [3.05, 3.63) is 28.3 Å². The molecule has 0 aliphatic rings. The van der Waals surface area contributed by atoms with E-state index in [1.54, 1.807) is 0 Å². The minimum atomic E-state index is -2.28. The molecule has 0 aromatic heterocycles. The molecule has 0 saturated heterocycles. The smallest absolute Gasteiger partial charge is 0.321 e. The van der Waals surface area contributed by atoms with Crippen molar-refractivity contribution in [3.8, 4) is 5.75 Å². The molecule has 17 heavy (non-hydrogen) atoms. The number of nitro groups is 1. The monoisotopic (exact) mass is 242 g/mol. The highest BCUT2D eigenvalue weighted by atomic mass is 16.8. The van der Waals surface area contributed by atoms with E-state index in [9.17, 15) is 20.3 Å². The van der Waals surface area contributed by atoms with E-state index < -0.39 is 10.9 Å². The number of nitrogens with one attached hydrogen (secondary N) is 1. The Morgan fingerprint density at radius 1 is 1.53 bits per heavy atom. The maximum Gasteiger partial charge on any atom is 0.321 e. The van der Waals surface area contributed by atoms with Crippen molar-refractivity contribution in [2.45, 2.75) is 19.3 Å². The average Bonchev–Trinajstić information content (AvgIpc) is 2.28. The van der Waals surface area contributed by atoms with Gasteiger partial charge in [0.1, 0.15) is 11.4 Å². The van der Waals surface area contributed by atoms with E-state index in [0.717, 1.165) is 0 Å². The summed E-state index contributed by atoms with van der Waals surface area (Å²) in [5.74, 6) is -2.15. The molecule has 0 radical (unpaired) electrons. The van der Waals surface area contributed by atoms with Crippen LogP contribution < -0.4 is 10.1 Å². The van der Waals surface area contributed by atoms with Crippen LogP contribution in [0, 0.1) is 10.1 Å². The Balaban J connectivity index is 3.02. The molecule has 0 spiro atoms. The van der Waals surface area contributed by atoms with Crippen LogP contribution in [0.3, 0.4) is 0 Å². The van der Waals surface area contributed by atoms with Gasteiger partial charge in [0.05, 0.1) is 4.92 Å². The summed E-state index contributed by atoms with van der Waals surface area (Å²) in [6.45, 7) is 1.53.